The second-order valence-corrected chi connectivity index (χ2v) is 12.1. The van der Waals surface area contributed by atoms with Gasteiger partial charge in [-0.1, -0.05) is 12.2 Å². The fraction of sp³-hybridized carbons (Fsp3) is 0.741. The summed E-state index contributed by atoms with van der Waals surface area (Å²) < 4.78 is 18.7. The second kappa shape index (κ2) is 6.36. The first-order chi connectivity index (χ1) is 16.1. The van der Waals surface area contributed by atoms with Crippen LogP contribution in [0.25, 0.3) is 0 Å². The van der Waals surface area contributed by atoms with Gasteiger partial charge in [0.2, 0.25) is 0 Å². The van der Waals surface area contributed by atoms with Crippen molar-refractivity contribution >= 4 is 17.9 Å². The molecule has 182 valence electrons. The average Bonchev–Trinajstić information content (AvgIpc) is 3.06. The zero-order valence-electron chi connectivity index (χ0n) is 19.7. The third-order valence-electron chi connectivity index (χ3n) is 11.0. The van der Waals surface area contributed by atoms with Crippen LogP contribution in [0, 0.1) is 28.6 Å². The molecule has 0 radical (unpaired) electrons. The van der Waals surface area contributed by atoms with Gasteiger partial charge in [-0.2, -0.15) is 0 Å². The Morgan fingerprint density at radius 1 is 1.09 bits per heavy atom. The van der Waals surface area contributed by atoms with Crippen LogP contribution in [0.3, 0.4) is 0 Å². The summed E-state index contributed by atoms with van der Waals surface area (Å²) in [4.78, 5) is 38.9. The van der Waals surface area contributed by atoms with Crippen LogP contribution in [-0.2, 0) is 28.6 Å². The first kappa shape index (κ1) is 21.6. The first-order valence-corrected chi connectivity index (χ1v) is 12.8. The number of hydrogen-bond donors (Lipinski definition) is 1. The van der Waals surface area contributed by atoms with Crippen molar-refractivity contribution in [2.45, 2.75) is 94.6 Å². The van der Waals surface area contributed by atoms with Gasteiger partial charge >= 0.3 is 0 Å². The smallest absolute Gasteiger partial charge is 0.281 e. The van der Waals surface area contributed by atoms with E-state index in [1.807, 2.05) is 19.1 Å². The molecule has 8 rings (SSSR count). The largest absolute Gasteiger partial charge is 0.389 e. The Morgan fingerprint density at radius 2 is 1.91 bits per heavy atom. The Hall–Kier alpha value is -1.67. The lowest BCUT2D eigenvalue weighted by atomic mass is 9.40. The lowest BCUT2D eigenvalue weighted by Gasteiger charge is -2.73. The highest BCUT2D eigenvalue weighted by molar-refractivity contribution is 5.93. The molecule has 0 aromatic carbocycles. The molecule has 7 fully saturated rings. The van der Waals surface area contributed by atoms with Crippen molar-refractivity contribution in [3.05, 3.63) is 23.8 Å². The number of allylic oxidation sites excluding steroid dienone is 4. The fourth-order valence-electron chi connectivity index (χ4n) is 9.67. The van der Waals surface area contributed by atoms with E-state index < -0.39 is 28.0 Å². The van der Waals surface area contributed by atoms with Crippen molar-refractivity contribution in [3.8, 4) is 0 Å². The van der Waals surface area contributed by atoms with Crippen LogP contribution in [0.1, 0.15) is 65.2 Å². The van der Waals surface area contributed by atoms with E-state index in [2.05, 4.69) is 0 Å². The Labute approximate surface area is 198 Å². The van der Waals surface area contributed by atoms with E-state index in [1.54, 1.807) is 13.0 Å². The molecule has 7 nitrogen and oxygen atoms in total. The molecule has 8 aliphatic rings. The standard InChI is InChI=1S/C27H32O7/c1-23-18(15-3-5-16(29)6-4-15)8-10-27(23,31)19-7-9-25-13-17-11-22(33-24(2,32-17)34-25)26(25,14-28)20(19)12-21(23)30/h3-5,14,17-20,22,31H,6-13H2,1-2H3/t17-,18+,19?,20?,22?,23-,24?,25-,26-,27-/m0/s1. The molecule has 34 heavy (non-hydrogen) atoms. The highest BCUT2D eigenvalue weighted by Crippen LogP contribution is 2.73. The molecule has 4 bridgehead atoms. The maximum atomic E-state index is 14.1. The molecule has 1 spiro atoms. The Morgan fingerprint density at radius 3 is 2.62 bits per heavy atom. The van der Waals surface area contributed by atoms with Gasteiger partial charge in [-0.15, -0.1) is 0 Å². The zero-order valence-corrected chi connectivity index (χ0v) is 19.7. The number of ether oxygens (including phenoxy) is 3. The van der Waals surface area contributed by atoms with Crippen LogP contribution in [0.15, 0.2) is 23.8 Å². The highest BCUT2D eigenvalue weighted by atomic mass is 16.9. The van der Waals surface area contributed by atoms with E-state index in [0.29, 0.717) is 44.9 Å². The molecule has 4 saturated carbocycles. The number of carbonyl (C=O) groups is 3. The molecular formula is C27H32O7. The normalized spacial score (nSPS) is 57.1. The topological polar surface area (TPSA) is 99.1 Å². The molecule has 1 N–H and O–H groups in total. The van der Waals surface area contributed by atoms with Crippen LogP contribution in [0.4, 0.5) is 0 Å². The minimum Gasteiger partial charge on any atom is -0.389 e. The van der Waals surface area contributed by atoms with Gasteiger partial charge in [-0.05, 0) is 62.0 Å². The monoisotopic (exact) mass is 468 g/mol. The van der Waals surface area contributed by atoms with E-state index >= 15 is 0 Å². The third kappa shape index (κ3) is 2.22. The van der Waals surface area contributed by atoms with Crippen molar-refractivity contribution in [1.82, 2.24) is 0 Å². The number of aliphatic hydroxyl groups is 1. The van der Waals surface area contributed by atoms with Crippen LogP contribution in [0.5, 0.6) is 0 Å². The molecule has 7 heteroatoms. The molecular weight excluding hydrogens is 436 g/mol. The van der Waals surface area contributed by atoms with Crippen LogP contribution in [0.2, 0.25) is 0 Å². The SMILES string of the molecule is CC12OC3C[C@@H](C[C@]4(CCC5C(CC(=O)[C@]6(C)[C@@H](C7=CCC(=O)C=C7)CC[C@]56O)[C@@]34C=O)O1)O2. The molecule has 10 atom stereocenters. The van der Waals surface area contributed by atoms with Crippen molar-refractivity contribution in [1.29, 1.82) is 0 Å². The van der Waals surface area contributed by atoms with Crippen LogP contribution < -0.4 is 0 Å². The minimum atomic E-state index is -1.21. The van der Waals surface area contributed by atoms with Crippen molar-refractivity contribution in [2.24, 2.45) is 28.6 Å². The van der Waals surface area contributed by atoms with Gasteiger partial charge in [0.25, 0.3) is 5.97 Å². The van der Waals surface area contributed by atoms with Gasteiger partial charge in [0.05, 0.1) is 34.2 Å². The minimum absolute atomic E-state index is 0.0134. The second-order valence-electron chi connectivity index (χ2n) is 12.1. The first-order valence-electron chi connectivity index (χ1n) is 12.8. The fourth-order valence-corrected chi connectivity index (χ4v) is 9.67. The number of rotatable bonds is 2. The molecule has 0 amide bonds. The van der Waals surface area contributed by atoms with Crippen LogP contribution >= 0.6 is 0 Å². The quantitative estimate of drug-likeness (QED) is 0.622. The summed E-state index contributed by atoms with van der Waals surface area (Å²) in [5.74, 6) is -1.72. The molecule has 0 aromatic heterocycles. The summed E-state index contributed by atoms with van der Waals surface area (Å²) in [6, 6.07) is 0. The number of ketones is 2. The molecule has 5 aliphatic carbocycles. The molecule has 3 saturated heterocycles. The van der Waals surface area contributed by atoms with Gasteiger partial charge in [0, 0.05) is 32.6 Å². The van der Waals surface area contributed by atoms with Crippen molar-refractivity contribution < 1.29 is 33.7 Å². The zero-order chi connectivity index (χ0) is 23.7. The lowest BCUT2D eigenvalue weighted by molar-refractivity contribution is -0.541. The summed E-state index contributed by atoms with van der Waals surface area (Å²) in [5.41, 5.74) is -2.85. The molecule has 0 aromatic rings. The van der Waals surface area contributed by atoms with E-state index in [0.717, 1.165) is 11.9 Å². The molecule has 3 aliphatic heterocycles. The van der Waals surface area contributed by atoms with E-state index in [9.17, 15) is 19.5 Å². The lowest BCUT2D eigenvalue weighted by Crippen LogP contribution is -2.81. The molecule has 4 unspecified atom stereocenters. The number of aldehydes is 1. The number of fused-ring (bicyclic) bond motifs is 3. The molecule has 3 heterocycles. The Balaban J connectivity index is 1.32. The van der Waals surface area contributed by atoms with Crippen molar-refractivity contribution in [2.75, 3.05) is 0 Å². The summed E-state index contributed by atoms with van der Waals surface area (Å²) in [7, 11) is 0. The summed E-state index contributed by atoms with van der Waals surface area (Å²) >= 11 is 0. The van der Waals surface area contributed by atoms with Crippen molar-refractivity contribution in [3.63, 3.8) is 0 Å². The highest BCUT2D eigenvalue weighted by Gasteiger charge is 2.80. The summed E-state index contributed by atoms with van der Waals surface area (Å²) in [5, 5.41) is 12.4. The maximum absolute atomic E-state index is 14.1. The van der Waals surface area contributed by atoms with E-state index in [1.165, 1.54) is 0 Å². The van der Waals surface area contributed by atoms with Gasteiger partial charge in [0.15, 0.2) is 5.78 Å². The van der Waals surface area contributed by atoms with Gasteiger partial charge in [0.1, 0.15) is 12.1 Å². The third-order valence-corrected chi connectivity index (χ3v) is 11.0. The summed E-state index contributed by atoms with van der Waals surface area (Å²) in [6.07, 6.45) is 10.3. The van der Waals surface area contributed by atoms with E-state index in [4.69, 9.17) is 14.2 Å². The number of Topliss-reactive ketones (excluding diaryl/α,β-unsaturated/α-hetero) is 1. The Kier molecular flexibility index (Phi) is 4.04. The maximum Gasteiger partial charge on any atom is 0.281 e. The number of hydrogen-bond acceptors (Lipinski definition) is 7. The van der Waals surface area contributed by atoms with E-state index in [-0.39, 0.29) is 47.9 Å². The number of carbonyl (C=O) groups excluding carboxylic acids is 3. The van der Waals surface area contributed by atoms with Gasteiger partial charge in [-0.3, -0.25) is 9.59 Å². The van der Waals surface area contributed by atoms with Crippen LogP contribution in [-0.4, -0.2) is 52.3 Å². The van der Waals surface area contributed by atoms with Gasteiger partial charge < -0.3 is 24.1 Å². The average molecular weight is 469 g/mol. The predicted molar refractivity (Wildman–Crippen MR) is 118 cm³/mol. The summed E-state index contributed by atoms with van der Waals surface area (Å²) in [6.45, 7) is 3.70. The Bertz CT molecular complexity index is 1080. The predicted octanol–water partition coefficient (Wildman–Crippen LogP) is 2.79. The van der Waals surface area contributed by atoms with Gasteiger partial charge in [-0.25, -0.2) is 0 Å².